The smallest absolute Gasteiger partial charge is 0.0928 e. The van der Waals surface area contributed by atoms with Crippen LogP contribution >= 0.6 is 0 Å². The second kappa shape index (κ2) is 3.32. The first-order valence-corrected chi connectivity index (χ1v) is 3.63. The Labute approximate surface area is 61.6 Å². The number of likely N-dealkylation sites (tertiary alicyclic amines) is 1. The normalized spacial score (nSPS) is 36.3. The Morgan fingerprint density at radius 3 is 2.80 bits per heavy atom. The minimum atomic E-state index is -0.302. The van der Waals surface area contributed by atoms with Crippen LogP contribution in [0.2, 0.25) is 0 Å². The Balaban J connectivity index is 2.36. The molecule has 1 aliphatic heterocycles. The third kappa shape index (κ3) is 1.68. The maximum Gasteiger partial charge on any atom is 0.0928 e. The number of likely N-dealkylation sites (N-methyl/N-ethyl adjacent to an activating group) is 1. The molecular formula is C7H15NO2. The fourth-order valence-corrected chi connectivity index (χ4v) is 1.34. The topological polar surface area (TPSA) is 32.7 Å². The number of piperidine rings is 1. The summed E-state index contributed by atoms with van der Waals surface area (Å²) in [4.78, 5) is 2.11. The molecule has 0 aromatic heterocycles. The summed E-state index contributed by atoms with van der Waals surface area (Å²) in [6, 6.07) is 0. The molecule has 0 bridgehead atoms. The first-order chi connectivity index (χ1) is 4.74. The van der Waals surface area contributed by atoms with E-state index in [4.69, 9.17) is 4.74 Å². The highest BCUT2D eigenvalue weighted by Gasteiger charge is 2.24. The standard InChI is InChI=1S/C7H15NO2/c1-8-4-3-7(10-2)6(9)5-8/h6-7,9H,3-5H2,1-2H3/t6-,7-/m1/s1. The lowest BCUT2D eigenvalue weighted by atomic mass is 10.1. The first kappa shape index (κ1) is 7.98. The van der Waals surface area contributed by atoms with Crippen molar-refractivity contribution in [3.05, 3.63) is 0 Å². The van der Waals surface area contributed by atoms with Crippen molar-refractivity contribution in [2.24, 2.45) is 0 Å². The maximum absolute atomic E-state index is 9.37. The second-order valence-corrected chi connectivity index (χ2v) is 2.89. The molecule has 1 aliphatic rings. The summed E-state index contributed by atoms with van der Waals surface area (Å²) in [6.45, 7) is 1.76. The average Bonchev–Trinajstić information content (AvgIpc) is 1.88. The molecule has 0 aromatic carbocycles. The van der Waals surface area contributed by atoms with Gasteiger partial charge in [-0.05, 0) is 13.5 Å². The summed E-state index contributed by atoms with van der Waals surface area (Å²) < 4.78 is 5.08. The lowest BCUT2D eigenvalue weighted by Crippen LogP contribution is -2.45. The summed E-state index contributed by atoms with van der Waals surface area (Å²) in [5, 5.41) is 9.37. The first-order valence-electron chi connectivity index (χ1n) is 3.63. The van der Waals surface area contributed by atoms with Gasteiger partial charge in [0.15, 0.2) is 0 Å². The number of hydrogen-bond acceptors (Lipinski definition) is 3. The van der Waals surface area contributed by atoms with Crippen LogP contribution in [0.25, 0.3) is 0 Å². The average molecular weight is 145 g/mol. The van der Waals surface area contributed by atoms with E-state index in [0.29, 0.717) is 0 Å². The van der Waals surface area contributed by atoms with Gasteiger partial charge in [-0.3, -0.25) is 0 Å². The number of aliphatic hydroxyl groups excluding tert-OH is 1. The molecule has 1 heterocycles. The molecule has 10 heavy (non-hydrogen) atoms. The van der Waals surface area contributed by atoms with E-state index < -0.39 is 0 Å². The van der Waals surface area contributed by atoms with Crippen molar-refractivity contribution in [1.29, 1.82) is 0 Å². The van der Waals surface area contributed by atoms with Gasteiger partial charge in [0.2, 0.25) is 0 Å². The number of hydrogen-bond donors (Lipinski definition) is 1. The van der Waals surface area contributed by atoms with E-state index in [2.05, 4.69) is 4.90 Å². The largest absolute Gasteiger partial charge is 0.389 e. The molecule has 0 unspecified atom stereocenters. The van der Waals surface area contributed by atoms with Gasteiger partial charge in [-0.2, -0.15) is 0 Å². The molecule has 1 N–H and O–H groups in total. The maximum atomic E-state index is 9.37. The summed E-state index contributed by atoms with van der Waals surface area (Å²) in [6.07, 6.45) is 0.689. The minimum Gasteiger partial charge on any atom is -0.389 e. The van der Waals surface area contributed by atoms with Gasteiger partial charge >= 0.3 is 0 Å². The van der Waals surface area contributed by atoms with Crippen molar-refractivity contribution in [3.8, 4) is 0 Å². The predicted octanol–water partition coefficient (Wildman–Crippen LogP) is -0.302. The van der Waals surface area contributed by atoms with Crippen LogP contribution in [0, 0.1) is 0 Å². The van der Waals surface area contributed by atoms with Crippen molar-refractivity contribution in [2.45, 2.75) is 18.6 Å². The SMILES string of the molecule is CO[C@@H]1CCN(C)C[C@H]1O. The van der Waals surface area contributed by atoms with E-state index >= 15 is 0 Å². The number of ether oxygens (including phenoxy) is 1. The van der Waals surface area contributed by atoms with Gasteiger partial charge in [-0.15, -0.1) is 0 Å². The number of nitrogens with zero attached hydrogens (tertiary/aromatic N) is 1. The zero-order valence-electron chi connectivity index (χ0n) is 6.58. The van der Waals surface area contributed by atoms with Crippen molar-refractivity contribution in [1.82, 2.24) is 4.90 Å². The molecule has 1 fully saturated rings. The molecule has 2 atom stereocenters. The van der Waals surface area contributed by atoms with Crippen LogP contribution in [0.5, 0.6) is 0 Å². The third-order valence-electron chi connectivity index (χ3n) is 2.03. The van der Waals surface area contributed by atoms with E-state index in [0.717, 1.165) is 19.5 Å². The molecule has 1 rings (SSSR count). The lowest BCUT2D eigenvalue weighted by Gasteiger charge is -2.32. The number of rotatable bonds is 1. The van der Waals surface area contributed by atoms with Gasteiger partial charge in [0.05, 0.1) is 12.2 Å². The van der Waals surface area contributed by atoms with Crippen molar-refractivity contribution in [3.63, 3.8) is 0 Å². The fraction of sp³-hybridized carbons (Fsp3) is 1.00. The Morgan fingerprint density at radius 2 is 2.30 bits per heavy atom. The van der Waals surface area contributed by atoms with E-state index in [1.807, 2.05) is 7.05 Å². The van der Waals surface area contributed by atoms with Crippen LogP contribution in [0.4, 0.5) is 0 Å². The second-order valence-electron chi connectivity index (χ2n) is 2.89. The van der Waals surface area contributed by atoms with Crippen LogP contribution in [-0.2, 0) is 4.74 Å². The Hall–Kier alpha value is -0.120. The van der Waals surface area contributed by atoms with Crippen molar-refractivity contribution >= 4 is 0 Å². The van der Waals surface area contributed by atoms with E-state index in [1.54, 1.807) is 7.11 Å². The molecule has 0 aliphatic carbocycles. The molecule has 0 saturated carbocycles. The lowest BCUT2D eigenvalue weighted by molar-refractivity contribution is -0.0546. The zero-order chi connectivity index (χ0) is 7.56. The molecule has 0 aromatic rings. The zero-order valence-corrected chi connectivity index (χ0v) is 6.58. The van der Waals surface area contributed by atoms with Gasteiger partial charge in [0.1, 0.15) is 0 Å². The van der Waals surface area contributed by atoms with Crippen LogP contribution in [0.3, 0.4) is 0 Å². The van der Waals surface area contributed by atoms with Gasteiger partial charge in [-0.25, -0.2) is 0 Å². The summed E-state index contributed by atoms with van der Waals surface area (Å²) in [5.41, 5.74) is 0. The van der Waals surface area contributed by atoms with Gasteiger partial charge in [0.25, 0.3) is 0 Å². The Kier molecular flexibility index (Phi) is 2.65. The van der Waals surface area contributed by atoms with E-state index in [-0.39, 0.29) is 12.2 Å². The van der Waals surface area contributed by atoms with Crippen molar-refractivity contribution < 1.29 is 9.84 Å². The molecule has 60 valence electrons. The molecule has 0 radical (unpaired) electrons. The van der Waals surface area contributed by atoms with Gasteiger partial charge < -0.3 is 14.7 Å². The molecule has 0 amide bonds. The van der Waals surface area contributed by atoms with Gasteiger partial charge in [-0.1, -0.05) is 0 Å². The summed E-state index contributed by atoms with van der Waals surface area (Å²) in [5.74, 6) is 0. The molecule has 0 spiro atoms. The number of β-amino-alcohol motifs (C(OH)–C–C–N with tert-alkyl or cyclic N) is 1. The highest BCUT2D eigenvalue weighted by molar-refractivity contribution is 4.78. The number of aliphatic hydroxyl groups is 1. The van der Waals surface area contributed by atoms with Crippen LogP contribution < -0.4 is 0 Å². The Morgan fingerprint density at radius 1 is 1.60 bits per heavy atom. The fourth-order valence-electron chi connectivity index (χ4n) is 1.34. The van der Waals surface area contributed by atoms with Crippen molar-refractivity contribution in [2.75, 3.05) is 27.2 Å². The minimum absolute atomic E-state index is 0.0520. The third-order valence-corrected chi connectivity index (χ3v) is 2.03. The van der Waals surface area contributed by atoms with Crippen LogP contribution in [0.15, 0.2) is 0 Å². The van der Waals surface area contributed by atoms with E-state index in [1.165, 1.54) is 0 Å². The van der Waals surface area contributed by atoms with E-state index in [9.17, 15) is 5.11 Å². The number of methoxy groups -OCH3 is 1. The monoisotopic (exact) mass is 145 g/mol. The predicted molar refractivity (Wildman–Crippen MR) is 38.9 cm³/mol. The molecular weight excluding hydrogens is 130 g/mol. The quantitative estimate of drug-likeness (QED) is 0.550. The van der Waals surface area contributed by atoms with Gasteiger partial charge in [0, 0.05) is 20.2 Å². The molecule has 1 saturated heterocycles. The highest BCUT2D eigenvalue weighted by Crippen LogP contribution is 2.11. The van der Waals surface area contributed by atoms with Crippen LogP contribution in [0.1, 0.15) is 6.42 Å². The molecule has 3 heteroatoms. The summed E-state index contributed by atoms with van der Waals surface area (Å²) >= 11 is 0. The summed E-state index contributed by atoms with van der Waals surface area (Å²) in [7, 11) is 3.66. The Bertz CT molecular complexity index is 108. The molecule has 3 nitrogen and oxygen atoms in total. The highest BCUT2D eigenvalue weighted by atomic mass is 16.5. The van der Waals surface area contributed by atoms with Crippen LogP contribution in [-0.4, -0.2) is 49.5 Å².